The molecule has 6 nitrogen and oxygen atoms in total. The summed E-state index contributed by atoms with van der Waals surface area (Å²) in [5.41, 5.74) is 5.43. The molecule has 1 rings (SSSR count). The van der Waals surface area contributed by atoms with Crippen LogP contribution in [0.15, 0.2) is 6.07 Å². The van der Waals surface area contributed by atoms with Gasteiger partial charge in [-0.25, -0.2) is 9.97 Å². The standard InChI is InChI=1S/C11H21N5O/c1-9-15-10(13-5-3-7-17-2)8-11(16-9)14-6-4-12/h8H,3-7,12H2,1-2H3,(H2,13,14,15,16). The van der Waals surface area contributed by atoms with Crippen molar-refractivity contribution in [1.82, 2.24) is 9.97 Å². The fourth-order valence-electron chi connectivity index (χ4n) is 1.38. The van der Waals surface area contributed by atoms with E-state index in [-0.39, 0.29) is 0 Å². The molecule has 0 aliphatic carbocycles. The molecular weight excluding hydrogens is 218 g/mol. The van der Waals surface area contributed by atoms with Gasteiger partial charge in [0.1, 0.15) is 17.5 Å². The molecule has 0 bridgehead atoms. The number of aryl methyl sites for hydroxylation is 1. The molecule has 1 aromatic rings. The fraction of sp³-hybridized carbons (Fsp3) is 0.636. The molecule has 4 N–H and O–H groups in total. The number of aromatic nitrogens is 2. The number of nitrogens with one attached hydrogen (secondary N) is 2. The topological polar surface area (TPSA) is 85.1 Å². The summed E-state index contributed by atoms with van der Waals surface area (Å²) in [7, 11) is 1.70. The molecular formula is C11H21N5O. The van der Waals surface area contributed by atoms with Crippen LogP contribution in [0, 0.1) is 6.92 Å². The van der Waals surface area contributed by atoms with E-state index in [4.69, 9.17) is 10.5 Å². The van der Waals surface area contributed by atoms with E-state index in [2.05, 4.69) is 20.6 Å². The lowest BCUT2D eigenvalue weighted by atomic mass is 10.4. The fourth-order valence-corrected chi connectivity index (χ4v) is 1.38. The molecule has 0 atom stereocenters. The van der Waals surface area contributed by atoms with Crippen LogP contribution in [-0.2, 0) is 4.74 Å². The summed E-state index contributed by atoms with van der Waals surface area (Å²) in [5, 5.41) is 6.37. The van der Waals surface area contributed by atoms with Crippen molar-refractivity contribution >= 4 is 11.6 Å². The van der Waals surface area contributed by atoms with Crippen molar-refractivity contribution in [2.45, 2.75) is 13.3 Å². The van der Waals surface area contributed by atoms with Crippen molar-refractivity contribution in [1.29, 1.82) is 0 Å². The number of nitrogens with two attached hydrogens (primary N) is 1. The SMILES string of the molecule is COCCCNc1cc(NCCN)nc(C)n1. The zero-order valence-electron chi connectivity index (χ0n) is 10.5. The summed E-state index contributed by atoms with van der Waals surface area (Å²) >= 11 is 0. The molecule has 0 spiro atoms. The van der Waals surface area contributed by atoms with Gasteiger partial charge in [0.25, 0.3) is 0 Å². The van der Waals surface area contributed by atoms with Crippen molar-refractivity contribution in [3.63, 3.8) is 0 Å². The average Bonchev–Trinajstić information content (AvgIpc) is 2.31. The van der Waals surface area contributed by atoms with E-state index < -0.39 is 0 Å². The highest BCUT2D eigenvalue weighted by molar-refractivity contribution is 5.47. The average molecular weight is 239 g/mol. The van der Waals surface area contributed by atoms with Crippen LogP contribution in [0.3, 0.4) is 0 Å². The molecule has 0 saturated heterocycles. The van der Waals surface area contributed by atoms with Crippen molar-refractivity contribution in [3.05, 3.63) is 11.9 Å². The Balaban J connectivity index is 2.50. The highest BCUT2D eigenvalue weighted by Crippen LogP contribution is 2.10. The van der Waals surface area contributed by atoms with Crippen LogP contribution in [0.4, 0.5) is 11.6 Å². The maximum absolute atomic E-state index is 5.43. The largest absolute Gasteiger partial charge is 0.385 e. The first-order valence-electron chi connectivity index (χ1n) is 5.78. The van der Waals surface area contributed by atoms with Gasteiger partial charge in [-0.3, -0.25) is 0 Å². The summed E-state index contributed by atoms with van der Waals surface area (Å²) in [6.07, 6.45) is 0.950. The maximum atomic E-state index is 5.43. The van der Waals surface area contributed by atoms with Crippen LogP contribution in [0.1, 0.15) is 12.2 Å². The van der Waals surface area contributed by atoms with Crippen molar-refractivity contribution < 1.29 is 4.74 Å². The molecule has 0 radical (unpaired) electrons. The molecule has 1 heterocycles. The van der Waals surface area contributed by atoms with Gasteiger partial charge in [-0.05, 0) is 13.3 Å². The van der Waals surface area contributed by atoms with Crippen LogP contribution in [0.5, 0.6) is 0 Å². The smallest absolute Gasteiger partial charge is 0.131 e. The number of hydrogen-bond acceptors (Lipinski definition) is 6. The van der Waals surface area contributed by atoms with Crippen LogP contribution in [-0.4, -0.2) is 43.3 Å². The molecule has 96 valence electrons. The number of nitrogens with zero attached hydrogens (tertiary/aromatic N) is 2. The summed E-state index contributed by atoms with van der Waals surface area (Å²) in [5.74, 6) is 2.37. The molecule has 6 heteroatoms. The number of hydrogen-bond donors (Lipinski definition) is 3. The van der Waals surface area contributed by atoms with E-state index in [0.717, 1.165) is 37.0 Å². The third-order valence-electron chi connectivity index (χ3n) is 2.12. The van der Waals surface area contributed by atoms with Gasteiger partial charge in [-0.15, -0.1) is 0 Å². The zero-order valence-corrected chi connectivity index (χ0v) is 10.5. The summed E-state index contributed by atoms with van der Waals surface area (Å²) in [6.45, 7) is 4.74. The van der Waals surface area contributed by atoms with E-state index in [1.165, 1.54) is 0 Å². The molecule has 0 aliphatic heterocycles. The number of anilines is 2. The monoisotopic (exact) mass is 239 g/mol. The van der Waals surface area contributed by atoms with Gasteiger partial charge in [0.2, 0.25) is 0 Å². The van der Waals surface area contributed by atoms with E-state index in [1.54, 1.807) is 7.11 Å². The minimum atomic E-state index is 0.583. The Morgan fingerprint density at radius 1 is 1.24 bits per heavy atom. The Labute approximate surface area is 102 Å². The van der Waals surface area contributed by atoms with Gasteiger partial charge in [0.05, 0.1) is 0 Å². The first-order valence-corrected chi connectivity index (χ1v) is 5.78. The van der Waals surface area contributed by atoms with Gasteiger partial charge in [-0.1, -0.05) is 0 Å². The maximum Gasteiger partial charge on any atom is 0.131 e. The van der Waals surface area contributed by atoms with Crippen molar-refractivity contribution in [3.8, 4) is 0 Å². The minimum absolute atomic E-state index is 0.583. The number of rotatable bonds is 8. The van der Waals surface area contributed by atoms with Crippen LogP contribution < -0.4 is 16.4 Å². The Kier molecular flexibility index (Phi) is 6.27. The molecule has 0 unspecified atom stereocenters. The van der Waals surface area contributed by atoms with Crippen LogP contribution in [0.2, 0.25) is 0 Å². The Hall–Kier alpha value is -1.40. The first-order chi connectivity index (χ1) is 8.26. The summed E-state index contributed by atoms with van der Waals surface area (Å²) < 4.78 is 4.98. The molecule has 17 heavy (non-hydrogen) atoms. The molecule has 0 aliphatic rings. The van der Waals surface area contributed by atoms with Crippen LogP contribution in [0.25, 0.3) is 0 Å². The van der Waals surface area contributed by atoms with Gasteiger partial charge in [0.15, 0.2) is 0 Å². The Morgan fingerprint density at radius 3 is 2.47 bits per heavy atom. The lowest BCUT2D eigenvalue weighted by Gasteiger charge is -2.09. The summed E-state index contributed by atoms with van der Waals surface area (Å²) in [4.78, 5) is 8.58. The van der Waals surface area contributed by atoms with Gasteiger partial charge in [-0.2, -0.15) is 0 Å². The lowest BCUT2D eigenvalue weighted by Crippen LogP contribution is -2.15. The van der Waals surface area contributed by atoms with Crippen LogP contribution >= 0.6 is 0 Å². The van der Waals surface area contributed by atoms with E-state index in [1.807, 2.05) is 13.0 Å². The second-order valence-corrected chi connectivity index (χ2v) is 3.67. The molecule has 0 amide bonds. The third kappa shape index (κ3) is 5.46. The quantitative estimate of drug-likeness (QED) is 0.576. The lowest BCUT2D eigenvalue weighted by molar-refractivity contribution is 0.198. The number of ether oxygens (including phenoxy) is 1. The predicted octanol–water partition coefficient (Wildman–Crippen LogP) is 0.604. The first kappa shape index (κ1) is 13.7. The van der Waals surface area contributed by atoms with Crippen molar-refractivity contribution in [2.24, 2.45) is 5.73 Å². The summed E-state index contributed by atoms with van der Waals surface area (Å²) in [6, 6.07) is 1.88. The minimum Gasteiger partial charge on any atom is -0.385 e. The molecule has 0 saturated carbocycles. The molecule has 0 aromatic carbocycles. The van der Waals surface area contributed by atoms with Crippen molar-refractivity contribution in [2.75, 3.05) is 44.0 Å². The second kappa shape index (κ2) is 7.81. The zero-order chi connectivity index (χ0) is 12.5. The van der Waals surface area contributed by atoms with Gasteiger partial charge >= 0.3 is 0 Å². The molecule has 0 fully saturated rings. The predicted molar refractivity (Wildman–Crippen MR) is 69.3 cm³/mol. The third-order valence-corrected chi connectivity index (χ3v) is 2.12. The highest BCUT2D eigenvalue weighted by Gasteiger charge is 2.00. The normalized spacial score (nSPS) is 10.3. The second-order valence-electron chi connectivity index (χ2n) is 3.67. The Morgan fingerprint density at radius 2 is 1.88 bits per heavy atom. The van der Waals surface area contributed by atoms with E-state index in [9.17, 15) is 0 Å². The van der Waals surface area contributed by atoms with Gasteiger partial charge in [0, 0.05) is 39.4 Å². The van der Waals surface area contributed by atoms with E-state index >= 15 is 0 Å². The van der Waals surface area contributed by atoms with Gasteiger partial charge < -0.3 is 21.1 Å². The molecule has 1 aromatic heterocycles. The number of methoxy groups -OCH3 is 1. The Bertz CT molecular complexity index is 332. The highest BCUT2D eigenvalue weighted by atomic mass is 16.5. The van der Waals surface area contributed by atoms with E-state index in [0.29, 0.717) is 13.1 Å².